The molecule has 0 radical (unpaired) electrons. The number of hydrogen-bond donors (Lipinski definition) is 2. The number of rotatable bonds is 2. The molecule has 6 nitrogen and oxygen atoms in total. The molecule has 0 fully saturated rings. The first-order valence-corrected chi connectivity index (χ1v) is 4.87. The summed E-state index contributed by atoms with van der Waals surface area (Å²) in [5, 5.41) is 21.6. The van der Waals surface area contributed by atoms with Crippen LogP contribution >= 0.6 is 0 Å². The van der Waals surface area contributed by atoms with E-state index < -0.39 is 11.9 Å². The van der Waals surface area contributed by atoms with Gasteiger partial charge in [0.25, 0.3) is 0 Å². The van der Waals surface area contributed by atoms with Crippen molar-refractivity contribution in [2.24, 2.45) is 0 Å². The molecule has 1 heterocycles. The number of carbonyl (C=O) groups is 1. The van der Waals surface area contributed by atoms with Crippen LogP contribution in [0.5, 0.6) is 11.5 Å². The van der Waals surface area contributed by atoms with Gasteiger partial charge in [-0.3, -0.25) is 0 Å². The monoisotopic (exact) mass is 252 g/mol. The highest BCUT2D eigenvalue weighted by molar-refractivity contribution is 5.72. The van der Waals surface area contributed by atoms with Crippen LogP contribution in [0.2, 0.25) is 0 Å². The zero-order valence-electron chi connectivity index (χ0n) is 9.29. The maximum Gasteiger partial charge on any atom is 0.432 e. The fourth-order valence-corrected chi connectivity index (χ4v) is 1.49. The number of ether oxygens (including phenoxy) is 1. The minimum Gasteiger partial charge on any atom is -0.504 e. The third kappa shape index (κ3) is 1.97. The SMILES string of the molecule is COc1cc(-c2cnn(C(=O)O)c2)c(F)cc1O. The summed E-state index contributed by atoms with van der Waals surface area (Å²) in [5.74, 6) is -0.933. The van der Waals surface area contributed by atoms with Gasteiger partial charge in [0.1, 0.15) is 5.82 Å². The Kier molecular flexibility index (Phi) is 2.88. The number of aromatic hydroxyl groups is 1. The van der Waals surface area contributed by atoms with E-state index in [0.717, 1.165) is 12.3 Å². The topological polar surface area (TPSA) is 84.6 Å². The number of halogens is 1. The minimum atomic E-state index is -1.27. The van der Waals surface area contributed by atoms with E-state index in [1.165, 1.54) is 19.4 Å². The number of carboxylic acid groups (broad SMARTS) is 1. The van der Waals surface area contributed by atoms with Gasteiger partial charge in [-0.15, -0.1) is 0 Å². The molecule has 0 spiro atoms. The Morgan fingerprint density at radius 2 is 2.22 bits per heavy atom. The summed E-state index contributed by atoms with van der Waals surface area (Å²) in [4.78, 5) is 10.6. The quantitative estimate of drug-likeness (QED) is 0.853. The normalized spacial score (nSPS) is 10.3. The first kappa shape index (κ1) is 11.9. The lowest BCUT2D eigenvalue weighted by Gasteiger charge is -2.06. The molecular weight excluding hydrogens is 243 g/mol. The van der Waals surface area contributed by atoms with Crippen LogP contribution in [0.1, 0.15) is 0 Å². The van der Waals surface area contributed by atoms with E-state index in [1.807, 2.05) is 0 Å². The first-order chi connectivity index (χ1) is 8.52. The standard InChI is InChI=1S/C11H9FN2O4/c1-18-10-2-7(8(12)3-9(10)15)6-4-13-14(5-6)11(16)17/h2-5,15H,1H3,(H,16,17). The number of methoxy groups -OCH3 is 1. The Balaban J connectivity index is 2.52. The second-order valence-electron chi connectivity index (χ2n) is 3.46. The molecular formula is C11H9FN2O4. The molecule has 94 valence electrons. The zero-order chi connectivity index (χ0) is 13.3. The van der Waals surface area contributed by atoms with Gasteiger partial charge in [0.05, 0.1) is 13.3 Å². The smallest absolute Gasteiger partial charge is 0.432 e. The van der Waals surface area contributed by atoms with Crippen molar-refractivity contribution < 1.29 is 24.1 Å². The zero-order valence-corrected chi connectivity index (χ0v) is 9.29. The number of benzene rings is 1. The molecule has 0 saturated carbocycles. The Labute approximate surface area is 101 Å². The van der Waals surface area contributed by atoms with Crippen LogP contribution in [0.15, 0.2) is 24.5 Å². The van der Waals surface area contributed by atoms with E-state index in [-0.39, 0.29) is 22.6 Å². The number of phenolic OH excluding ortho intramolecular Hbond substituents is 1. The van der Waals surface area contributed by atoms with E-state index in [1.54, 1.807) is 0 Å². The van der Waals surface area contributed by atoms with E-state index in [9.17, 15) is 14.3 Å². The summed E-state index contributed by atoms with van der Waals surface area (Å²) in [5.41, 5.74) is 0.366. The van der Waals surface area contributed by atoms with Crippen LogP contribution in [0.25, 0.3) is 11.1 Å². The van der Waals surface area contributed by atoms with Gasteiger partial charge in [0, 0.05) is 23.4 Å². The second kappa shape index (κ2) is 4.36. The summed E-state index contributed by atoms with van der Waals surface area (Å²) in [7, 11) is 1.33. The molecule has 0 aliphatic carbocycles. The lowest BCUT2D eigenvalue weighted by atomic mass is 10.1. The molecule has 0 aliphatic heterocycles. The van der Waals surface area contributed by atoms with Gasteiger partial charge in [0.15, 0.2) is 11.5 Å². The van der Waals surface area contributed by atoms with E-state index >= 15 is 0 Å². The molecule has 7 heteroatoms. The number of phenols is 1. The molecule has 2 aromatic rings. The lowest BCUT2D eigenvalue weighted by Crippen LogP contribution is -2.07. The number of aromatic nitrogens is 2. The molecule has 1 aromatic heterocycles. The van der Waals surface area contributed by atoms with Crippen molar-refractivity contribution in [1.82, 2.24) is 9.78 Å². The average molecular weight is 252 g/mol. The van der Waals surface area contributed by atoms with Crippen LogP contribution in [0.4, 0.5) is 9.18 Å². The highest BCUT2D eigenvalue weighted by Crippen LogP contribution is 2.33. The van der Waals surface area contributed by atoms with Crippen molar-refractivity contribution in [3.8, 4) is 22.6 Å². The Hall–Kier alpha value is -2.57. The van der Waals surface area contributed by atoms with E-state index in [4.69, 9.17) is 9.84 Å². The highest BCUT2D eigenvalue weighted by Gasteiger charge is 2.14. The van der Waals surface area contributed by atoms with Crippen molar-refractivity contribution in [2.75, 3.05) is 7.11 Å². The Morgan fingerprint density at radius 3 is 2.78 bits per heavy atom. The molecule has 0 atom stereocenters. The van der Waals surface area contributed by atoms with Crippen molar-refractivity contribution in [3.05, 3.63) is 30.3 Å². The van der Waals surface area contributed by atoms with Crippen LogP contribution in [-0.2, 0) is 0 Å². The third-order valence-corrected chi connectivity index (χ3v) is 2.36. The predicted molar refractivity (Wildman–Crippen MR) is 59.3 cm³/mol. The minimum absolute atomic E-state index is 0.0921. The largest absolute Gasteiger partial charge is 0.504 e. The fraction of sp³-hybridized carbons (Fsp3) is 0.0909. The van der Waals surface area contributed by atoms with Crippen molar-refractivity contribution in [2.45, 2.75) is 0 Å². The van der Waals surface area contributed by atoms with Crippen molar-refractivity contribution >= 4 is 6.09 Å². The number of nitrogens with zero attached hydrogens (tertiary/aromatic N) is 2. The van der Waals surface area contributed by atoms with E-state index in [2.05, 4.69) is 5.10 Å². The molecule has 0 aliphatic rings. The van der Waals surface area contributed by atoms with Crippen LogP contribution in [-0.4, -0.2) is 33.2 Å². The Bertz CT molecular complexity index is 609. The highest BCUT2D eigenvalue weighted by atomic mass is 19.1. The van der Waals surface area contributed by atoms with Gasteiger partial charge in [-0.05, 0) is 6.07 Å². The molecule has 2 rings (SSSR count). The van der Waals surface area contributed by atoms with Gasteiger partial charge in [-0.1, -0.05) is 0 Å². The lowest BCUT2D eigenvalue weighted by molar-refractivity contribution is 0.192. The van der Waals surface area contributed by atoms with Crippen molar-refractivity contribution in [3.63, 3.8) is 0 Å². The van der Waals surface area contributed by atoms with Gasteiger partial charge in [-0.25, -0.2) is 9.18 Å². The van der Waals surface area contributed by atoms with Gasteiger partial charge >= 0.3 is 6.09 Å². The summed E-state index contributed by atoms with van der Waals surface area (Å²) >= 11 is 0. The van der Waals surface area contributed by atoms with Crippen molar-refractivity contribution in [1.29, 1.82) is 0 Å². The molecule has 18 heavy (non-hydrogen) atoms. The maximum atomic E-state index is 13.7. The maximum absolute atomic E-state index is 13.7. The summed E-state index contributed by atoms with van der Waals surface area (Å²) < 4.78 is 19.2. The third-order valence-electron chi connectivity index (χ3n) is 2.36. The van der Waals surface area contributed by atoms with E-state index in [0.29, 0.717) is 4.68 Å². The molecule has 2 N–H and O–H groups in total. The van der Waals surface area contributed by atoms with Gasteiger partial charge in [0.2, 0.25) is 0 Å². The molecule has 0 unspecified atom stereocenters. The summed E-state index contributed by atoms with van der Waals surface area (Å²) in [6.07, 6.45) is 1.10. The molecule has 0 bridgehead atoms. The van der Waals surface area contributed by atoms with Gasteiger partial charge < -0.3 is 14.9 Å². The summed E-state index contributed by atoms with van der Waals surface area (Å²) in [6, 6.07) is 2.17. The summed E-state index contributed by atoms with van der Waals surface area (Å²) in [6.45, 7) is 0. The predicted octanol–water partition coefficient (Wildman–Crippen LogP) is 1.93. The molecule has 1 aromatic carbocycles. The average Bonchev–Trinajstić information content (AvgIpc) is 2.78. The van der Waals surface area contributed by atoms with Crippen LogP contribution in [0, 0.1) is 5.82 Å². The van der Waals surface area contributed by atoms with Gasteiger partial charge in [-0.2, -0.15) is 9.78 Å². The van der Waals surface area contributed by atoms with Crippen LogP contribution < -0.4 is 4.74 Å². The Morgan fingerprint density at radius 1 is 1.50 bits per heavy atom. The molecule has 0 amide bonds. The molecule has 0 saturated heterocycles. The van der Waals surface area contributed by atoms with Crippen LogP contribution in [0.3, 0.4) is 0 Å². The fourth-order valence-electron chi connectivity index (χ4n) is 1.49. The second-order valence-corrected chi connectivity index (χ2v) is 3.46. The first-order valence-electron chi connectivity index (χ1n) is 4.87. The number of hydrogen-bond acceptors (Lipinski definition) is 4.